The van der Waals surface area contributed by atoms with Gasteiger partial charge < -0.3 is 0 Å². The summed E-state index contributed by atoms with van der Waals surface area (Å²) in [5.74, 6) is 0. The molecule has 0 radical (unpaired) electrons. The fourth-order valence-corrected chi connectivity index (χ4v) is 12.3. The SMILES string of the molecule is Cc1ccc(C2(c3ccc(-c4ccccc4)cc3)c3cc(-c4ccc(-c5cc(-c6ccccc6)cc(-c6ccccc6)c5)cc4)ccc3-c3ccc(-c4ccc(-c5cc(-c6ccccc6)cc(-c6ccccc6)c5)cc4)cc32)cc1. The number of aryl methyl sites for hydroxylation is 1. The molecule has 376 valence electrons. The zero-order valence-corrected chi connectivity index (χ0v) is 44.6. The van der Waals surface area contributed by atoms with Gasteiger partial charge in [-0.15, -0.1) is 0 Å². The van der Waals surface area contributed by atoms with Gasteiger partial charge in [0.2, 0.25) is 0 Å². The Morgan fingerprint density at radius 1 is 0.175 bits per heavy atom. The Morgan fingerprint density at radius 2 is 0.388 bits per heavy atom. The molecule has 13 aromatic rings. The summed E-state index contributed by atoms with van der Waals surface area (Å²) >= 11 is 0. The van der Waals surface area contributed by atoms with Gasteiger partial charge in [-0.05, 0) is 189 Å². The van der Waals surface area contributed by atoms with Gasteiger partial charge >= 0.3 is 0 Å². The first-order valence-corrected chi connectivity index (χ1v) is 27.8. The second kappa shape index (κ2) is 20.7. The number of hydrogen-bond donors (Lipinski definition) is 0. The molecule has 0 amide bonds. The van der Waals surface area contributed by atoms with E-state index < -0.39 is 5.41 Å². The van der Waals surface area contributed by atoms with Gasteiger partial charge in [-0.2, -0.15) is 0 Å². The molecule has 1 aliphatic carbocycles. The molecule has 0 heterocycles. The van der Waals surface area contributed by atoms with Crippen LogP contribution in [0.1, 0.15) is 27.8 Å². The summed E-state index contributed by atoms with van der Waals surface area (Å²) in [5, 5.41) is 0. The lowest BCUT2D eigenvalue weighted by molar-refractivity contribution is 0.768. The highest BCUT2D eigenvalue weighted by Crippen LogP contribution is 2.58. The van der Waals surface area contributed by atoms with Crippen molar-refractivity contribution in [2.24, 2.45) is 0 Å². The van der Waals surface area contributed by atoms with E-state index in [-0.39, 0.29) is 0 Å². The minimum absolute atomic E-state index is 0.628. The van der Waals surface area contributed by atoms with Crippen LogP contribution in [0.5, 0.6) is 0 Å². The Bertz CT molecular complexity index is 3980. The highest BCUT2D eigenvalue weighted by atomic mass is 14.5. The van der Waals surface area contributed by atoms with Gasteiger partial charge in [0.1, 0.15) is 0 Å². The molecule has 0 heteroatoms. The van der Waals surface area contributed by atoms with Crippen LogP contribution in [0.25, 0.3) is 111 Å². The summed E-state index contributed by atoms with van der Waals surface area (Å²) < 4.78 is 0. The molecule has 0 aromatic heterocycles. The quantitative estimate of drug-likeness (QED) is 0.121. The van der Waals surface area contributed by atoms with Crippen molar-refractivity contribution in [1.29, 1.82) is 0 Å². The van der Waals surface area contributed by atoms with Crippen LogP contribution in [-0.2, 0) is 5.41 Å². The Morgan fingerprint density at radius 3 is 0.688 bits per heavy atom. The van der Waals surface area contributed by atoms with Crippen molar-refractivity contribution in [2.45, 2.75) is 12.3 Å². The molecule has 13 aromatic carbocycles. The summed E-state index contributed by atoms with van der Waals surface area (Å²) in [6.45, 7) is 2.19. The number of rotatable bonds is 11. The Balaban J connectivity index is 0.889. The molecular weight excluding hydrogens is 961 g/mol. The molecule has 0 atom stereocenters. The van der Waals surface area contributed by atoms with Gasteiger partial charge in [0, 0.05) is 0 Å². The maximum Gasteiger partial charge on any atom is 0.0714 e. The highest BCUT2D eigenvalue weighted by Gasteiger charge is 2.46. The van der Waals surface area contributed by atoms with E-state index in [0.29, 0.717) is 0 Å². The fraction of sp³-hybridized carbons (Fsp3) is 0.0250. The van der Waals surface area contributed by atoms with E-state index in [9.17, 15) is 0 Å². The van der Waals surface area contributed by atoms with E-state index in [4.69, 9.17) is 0 Å². The van der Waals surface area contributed by atoms with E-state index in [0.717, 1.165) is 0 Å². The molecule has 0 aliphatic heterocycles. The number of fused-ring (bicyclic) bond motifs is 3. The lowest BCUT2D eigenvalue weighted by atomic mass is 9.67. The van der Waals surface area contributed by atoms with Crippen molar-refractivity contribution < 1.29 is 0 Å². The van der Waals surface area contributed by atoms with Gasteiger partial charge in [-0.1, -0.05) is 279 Å². The van der Waals surface area contributed by atoms with Crippen LogP contribution in [0.15, 0.2) is 322 Å². The lowest BCUT2D eigenvalue weighted by Crippen LogP contribution is -2.28. The van der Waals surface area contributed by atoms with E-state index in [1.165, 1.54) is 139 Å². The van der Waals surface area contributed by atoms with Crippen LogP contribution in [0.3, 0.4) is 0 Å². The van der Waals surface area contributed by atoms with Crippen molar-refractivity contribution in [2.75, 3.05) is 0 Å². The third-order valence-corrected chi connectivity index (χ3v) is 16.4. The summed E-state index contributed by atoms with van der Waals surface area (Å²) in [7, 11) is 0. The maximum atomic E-state index is 2.49. The molecule has 14 rings (SSSR count). The predicted molar refractivity (Wildman–Crippen MR) is 337 cm³/mol. The monoisotopic (exact) mass is 1020 g/mol. The number of hydrogen-bond acceptors (Lipinski definition) is 0. The van der Waals surface area contributed by atoms with Crippen molar-refractivity contribution in [3.8, 4) is 111 Å². The summed E-state index contributed by atoms with van der Waals surface area (Å²) in [6, 6.07) is 119. The third kappa shape index (κ3) is 8.97. The molecule has 1 aliphatic rings. The minimum atomic E-state index is -0.628. The van der Waals surface area contributed by atoms with Crippen LogP contribution >= 0.6 is 0 Å². The average molecular weight is 1020 g/mol. The van der Waals surface area contributed by atoms with Crippen LogP contribution in [0.4, 0.5) is 0 Å². The molecule has 0 nitrogen and oxygen atoms in total. The van der Waals surface area contributed by atoms with Gasteiger partial charge in [0.15, 0.2) is 0 Å². The fourth-order valence-electron chi connectivity index (χ4n) is 12.3. The molecule has 0 unspecified atom stereocenters. The zero-order valence-electron chi connectivity index (χ0n) is 44.6. The minimum Gasteiger partial charge on any atom is -0.0622 e. The third-order valence-electron chi connectivity index (χ3n) is 16.4. The standard InChI is InChI=1S/C80H56/c1-55-27-41-74(42-28-55)80(75-43-37-61(38-44-75)56-17-7-2-8-18-56)78-53-66(62-29-33-64(34-30-62)72-49-68(57-19-9-3-10-20-57)47-69(50-72)58-21-11-4-12-22-58)39-45-76(78)77-46-40-67(54-79(77)80)63-31-35-65(36-32-63)73-51-70(59-23-13-5-14-24-59)48-71(52-73)60-25-15-6-16-26-60/h2-54H,1H3. The summed E-state index contributed by atoms with van der Waals surface area (Å²) in [5.41, 5.74) is 29.7. The average Bonchev–Trinajstić information content (AvgIpc) is 4.03. The first-order chi connectivity index (χ1) is 39.5. The molecule has 0 saturated carbocycles. The second-order valence-corrected chi connectivity index (χ2v) is 21.3. The zero-order chi connectivity index (χ0) is 53.4. The van der Waals surface area contributed by atoms with Crippen molar-refractivity contribution in [1.82, 2.24) is 0 Å². The second-order valence-electron chi connectivity index (χ2n) is 21.3. The first-order valence-electron chi connectivity index (χ1n) is 27.8. The van der Waals surface area contributed by atoms with Gasteiger partial charge in [0.05, 0.1) is 5.41 Å². The summed E-state index contributed by atoms with van der Waals surface area (Å²) in [6.07, 6.45) is 0. The van der Waals surface area contributed by atoms with Crippen LogP contribution in [0.2, 0.25) is 0 Å². The van der Waals surface area contributed by atoms with Gasteiger partial charge in [-0.3, -0.25) is 0 Å². The molecule has 0 spiro atoms. The van der Waals surface area contributed by atoms with E-state index >= 15 is 0 Å². The molecule has 80 heavy (non-hydrogen) atoms. The lowest BCUT2D eigenvalue weighted by Gasteiger charge is -2.34. The molecule has 0 saturated heterocycles. The predicted octanol–water partition coefficient (Wildman–Crippen LogP) is 21.4. The maximum absolute atomic E-state index is 2.49. The molecule has 0 bridgehead atoms. The summed E-state index contributed by atoms with van der Waals surface area (Å²) in [4.78, 5) is 0. The van der Waals surface area contributed by atoms with E-state index in [2.05, 4.69) is 328 Å². The largest absolute Gasteiger partial charge is 0.0714 e. The van der Waals surface area contributed by atoms with Gasteiger partial charge in [0.25, 0.3) is 0 Å². The topological polar surface area (TPSA) is 0 Å². The smallest absolute Gasteiger partial charge is 0.0622 e. The normalized spacial score (nSPS) is 12.2. The molecule has 0 N–H and O–H groups in total. The van der Waals surface area contributed by atoms with Crippen molar-refractivity contribution in [3.05, 3.63) is 349 Å². The number of benzene rings is 13. The molecule has 0 fully saturated rings. The highest BCUT2D eigenvalue weighted by molar-refractivity contribution is 5.91. The van der Waals surface area contributed by atoms with Crippen LogP contribution < -0.4 is 0 Å². The van der Waals surface area contributed by atoms with E-state index in [1.807, 2.05) is 0 Å². The van der Waals surface area contributed by atoms with Crippen molar-refractivity contribution >= 4 is 0 Å². The Kier molecular flexibility index (Phi) is 12.5. The molecular formula is C80H56. The first kappa shape index (κ1) is 48.2. The Labute approximate surface area is 470 Å². The van der Waals surface area contributed by atoms with Crippen molar-refractivity contribution in [3.63, 3.8) is 0 Å². The van der Waals surface area contributed by atoms with Gasteiger partial charge in [-0.25, -0.2) is 0 Å². The van der Waals surface area contributed by atoms with Crippen LogP contribution in [-0.4, -0.2) is 0 Å². The van der Waals surface area contributed by atoms with E-state index in [1.54, 1.807) is 0 Å². The Hall–Kier alpha value is -10.1. The van der Waals surface area contributed by atoms with Crippen LogP contribution in [0, 0.1) is 6.92 Å².